The first-order valence-electron chi connectivity index (χ1n) is 12.9. The summed E-state index contributed by atoms with van der Waals surface area (Å²) >= 11 is 1.94. The van der Waals surface area contributed by atoms with E-state index in [4.69, 9.17) is 5.73 Å². The molecular formula is C31H40N2OS. The van der Waals surface area contributed by atoms with E-state index >= 15 is 0 Å². The van der Waals surface area contributed by atoms with Crippen molar-refractivity contribution in [3.63, 3.8) is 0 Å². The number of nitrogens with two attached hydrogens (primary N) is 1. The Bertz CT molecular complexity index is 882. The van der Waals surface area contributed by atoms with Crippen molar-refractivity contribution in [1.29, 1.82) is 0 Å². The summed E-state index contributed by atoms with van der Waals surface area (Å²) in [6.45, 7) is 2.70. The van der Waals surface area contributed by atoms with Gasteiger partial charge in [-0.05, 0) is 55.3 Å². The van der Waals surface area contributed by atoms with E-state index in [1.165, 1.54) is 16.7 Å². The summed E-state index contributed by atoms with van der Waals surface area (Å²) < 4.78 is -0.303. The molecule has 0 aliphatic heterocycles. The monoisotopic (exact) mass is 488 g/mol. The number of benzene rings is 3. The first kappa shape index (κ1) is 27.2. The molecule has 3 aromatic rings. The number of Topliss-reactive ketones (excluding diaryl/α,β-unsaturated/α-hetero) is 1. The molecule has 0 amide bonds. The Morgan fingerprint density at radius 3 is 1.69 bits per heavy atom. The molecule has 3 nitrogen and oxygen atoms in total. The van der Waals surface area contributed by atoms with Crippen LogP contribution in [0.3, 0.4) is 0 Å². The van der Waals surface area contributed by atoms with E-state index in [-0.39, 0.29) is 4.75 Å². The summed E-state index contributed by atoms with van der Waals surface area (Å²) in [5, 5.41) is 0. The van der Waals surface area contributed by atoms with Gasteiger partial charge in [0.1, 0.15) is 5.78 Å². The first-order chi connectivity index (χ1) is 17.2. The third-order valence-electron chi connectivity index (χ3n) is 6.47. The highest BCUT2D eigenvalue weighted by molar-refractivity contribution is 8.00. The molecule has 0 bridgehead atoms. The highest BCUT2D eigenvalue weighted by Crippen LogP contribution is 2.48. The Hall–Kier alpha value is -2.40. The maximum absolute atomic E-state index is 12.5. The van der Waals surface area contributed by atoms with Crippen LogP contribution in [0, 0.1) is 0 Å². The predicted molar refractivity (Wildman–Crippen MR) is 151 cm³/mol. The van der Waals surface area contributed by atoms with E-state index in [0.29, 0.717) is 25.2 Å². The molecule has 0 fully saturated rings. The van der Waals surface area contributed by atoms with Gasteiger partial charge in [-0.25, -0.2) is 0 Å². The molecule has 35 heavy (non-hydrogen) atoms. The van der Waals surface area contributed by atoms with E-state index < -0.39 is 0 Å². The molecule has 4 heteroatoms. The molecule has 0 aliphatic rings. The fourth-order valence-corrected chi connectivity index (χ4v) is 6.10. The average molecular weight is 489 g/mol. The van der Waals surface area contributed by atoms with Gasteiger partial charge in [0.25, 0.3) is 0 Å². The van der Waals surface area contributed by atoms with Crippen molar-refractivity contribution in [1.82, 2.24) is 4.90 Å². The maximum Gasteiger partial charge on any atom is 0.132 e. The van der Waals surface area contributed by atoms with Crippen molar-refractivity contribution in [2.24, 2.45) is 5.73 Å². The molecular weight excluding hydrogens is 448 g/mol. The van der Waals surface area contributed by atoms with Crippen LogP contribution < -0.4 is 5.73 Å². The first-order valence-corrected chi connectivity index (χ1v) is 13.9. The predicted octanol–water partition coefficient (Wildman–Crippen LogP) is 6.51. The molecule has 186 valence electrons. The van der Waals surface area contributed by atoms with E-state index in [9.17, 15) is 4.79 Å². The van der Waals surface area contributed by atoms with E-state index in [1.807, 2.05) is 11.8 Å². The maximum atomic E-state index is 12.5. The number of thioether (sulfide) groups is 1. The summed E-state index contributed by atoms with van der Waals surface area (Å²) in [4.78, 5) is 14.8. The second-order valence-corrected chi connectivity index (χ2v) is 10.5. The largest absolute Gasteiger partial charge is 0.329 e. The molecule has 0 unspecified atom stereocenters. The Morgan fingerprint density at radius 1 is 0.714 bits per heavy atom. The molecule has 0 saturated carbocycles. The van der Waals surface area contributed by atoms with Crippen molar-refractivity contribution in [3.05, 3.63) is 108 Å². The van der Waals surface area contributed by atoms with Crippen molar-refractivity contribution >= 4 is 17.5 Å². The number of rotatable bonds is 16. The van der Waals surface area contributed by atoms with Crippen LogP contribution in [0.5, 0.6) is 0 Å². The molecule has 3 aromatic carbocycles. The van der Waals surface area contributed by atoms with Gasteiger partial charge in [-0.2, -0.15) is 0 Å². The summed E-state index contributed by atoms with van der Waals surface area (Å²) in [7, 11) is 2.11. The van der Waals surface area contributed by atoms with E-state index in [1.54, 1.807) is 0 Å². The number of unbranched alkanes of at least 4 members (excludes halogenated alkanes) is 2. The van der Waals surface area contributed by atoms with Gasteiger partial charge >= 0.3 is 0 Å². The highest BCUT2D eigenvalue weighted by atomic mass is 32.2. The van der Waals surface area contributed by atoms with E-state index in [2.05, 4.69) is 103 Å². The zero-order chi connectivity index (χ0) is 24.8. The minimum atomic E-state index is -0.303. The quantitative estimate of drug-likeness (QED) is 0.184. The fraction of sp³-hybridized carbons (Fsp3) is 0.387. The van der Waals surface area contributed by atoms with Crippen LogP contribution in [-0.4, -0.2) is 43.1 Å². The number of carbonyl (C=O) groups is 1. The second-order valence-electron chi connectivity index (χ2n) is 9.17. The number of nitrogens with zero attached hydrogens (tertiary/aromatic N) is 1. The van der Waals surface area contributed by atoms with Crippen molar-refractivity contribution in [3.8, 4) is 0 Å². The van der Waals surface area contributed by atoms with Crippen LogP contribution in [0.1, 0.15) is 55.2 Å². The van der Waals surface area contributed by atoms with Gasteiger partial charge in [0.05, 0.1) is 4.75 Å². The third kappa shape index (κ3) is 8.06. The lowest BCUT2D eigenvalue weighted by Crippen LogP contribution is -2.26. The van der Waals surface area contributed by atoms with Gasteiger partial charge in [0, 0.05) is 25.9 Å². The average Bonchev–Trinajstić information content (AvgIpc) is 2.90. The van der Waals surface area contributed by atoms with Crippen LogP contribution >= 0.6 is 11.8 Å². The van der Waals surface area contributed by atoms with E-state index in [0.717, 1.165) is 44.5 Å². The smallest absolute Gasteiger partial charge is 0.132 e. The summed E-state index contributed by atoms with van der Waals surface area (Å²) in [5.74, 6) is 1.32. The topological polar surface area (TPSA) is 46.3 Å². The molecule has 0 aliphatic carbocycles. The fourth-order valence-electron chi connectivity index (χ4n) is 4.60. The molecule has 3 rings (SSSR count). The normalized spacial score (nSPS) is 11.6. The molecule has 0 saturated heterocycles. The van der Waals surface area contributed by atoms with Crippen molar-refractivity contribution < 1.29 is 4.79 Å². The Labute approximate surface area is 216 Å². The van der Waals surface area contributed by atoms with Crippen molar-refractivity contribution in [2.45, 2.75) is 43.3 Å². The lowest BCUT2D eigenvalue weighted by atomic mass is 9.84. The number of carbonyl (C=O) groups excluding carboxylic acids is 1. The standard InChI is InChI=1S/C31H40N2OS/c1-33(25-23-32)24-13-5-12-21-30(34)22-14-26-35-31(27-15-6-2-7-16-27,28-17-8-3-9-18-28)29-19-10-4-11-20-29/h2-4,6-11,15-20H,5,12-14,21-26,32H2,1H3. The minimum Gasteiger partial charge on any atom is -0.329 e. The van der Waals surface area contributed by atoms with Crippen LogP contribution in [0.2, 0.25) is 0 Å². The SMILES string of the molecule is CN(CCN)CCCCCC(=O)CCCSC(c1ccccc1)(c1ccccc1)c1ccccc1. The summed E-state index contributed by atoms with van der Waals surface area (Å²) in [5.41, 5.74) is 9.41. The Balaban J connectivity index is 1.61. The van der Waals surface area contributed by atoms with Gasteiger partial charge in [-0.1, -0.05) is 97.4 Å². The summed E-state index contributed by atoms with van der Waals surface area (Å²) in [6, 6.07) is 32.3. The van der Waals surface area contributed by atoms with Crippen LogP contribution in [-0.2, 0) is 9.54 Å². The zero-order valence-corrected chi connectivity index (χ0v) is 21.9. The van der Waals surface area contributed by atoms with Crippen LogP contribution in [0.4, 0.5) is 0 Å². The molecule has 0 radical (unpaired) electrons. The lowest BCUT2D eigenvalue weighted by Gasteiger charge is -2.35. The number of hydrogen-bond acceptors (Lipinski definition) is 4. The minimum absolute atomic E-state index is 0.303. The van der Waals surface area contributed by atoms with Gasteiger partial charge in [-0.3, -0.25) is 4.79 Å². The lowest BCUT2D eigenvalue weighted by molar-refractivity contribution is -0.119. The molecule has 0 heterocycles. The third-order valence-corrected chi connectivity index (χ3v) is 8.10. The van der Waals surface area contributed by atoms with Crippen LogP contribution in [0.25, 0.3) is 0 Å². The van der Waals surface area contributed by atoms with Gasteiger partial charge < -0.3 is 10.6 Å². The summed E-state index contributed by atoms with van der Waals surface area (Å²) in [6.07, 6.45) is 5.49. The highest BCUT2D eigenvalue weighted by Gasteiger charge is 2.36. The van der Waals surface area contributed by atoms with Crippen molar-refractivity contribution in [2.75, 3.05) is 32.4 Å². The Kier molecular flexibility index (Phi) is 11.6. The molecule has 0 aromatic heterocycles. The molecule has 0 spiro atoms. The van der Waals surface area contributed by atoms with Gasteiger partial charge in [0.2, 0.25) is 0 Å². The van der Waals surface area contributed by atoms with Crippen LogP contribution in [0.15, 0.2) is 91.0 Å². The number of ketones is 1. The zero-order valence-electron chi connectivity index (χ0n) is 21.1. The number of likely N-dealkylation sites (N-methyl/N-ethyl adjacent to an activating group) is 1. The number of hydrogen-bond donors (Lipinski definition) is 1. The molecule has 2 N–H and O–H groups in total. The van der Waals surface area contributed by atoms with Gasteiger partial charge in [-0.15, -0.1) is 11.8 Å². The Morgan fingerprint density at radius 2 is 1.20 bits per heavy atom. The molecule has 0 atom stereocenters. The van der Waals surface area contributed by atoms with Gasteiger partial charge in [0.15, 0.2) is 0 Å². The second kappa shape index (κ2) is 14.9.